The third-order valence-corrected chi connectivity index (χ3v) is 5.03. The molecule has 0 amide bonds. The van der Waals surface area contributed by atoms with Gasteiger partial charge in [-0.1, -0.05) is 6.92 Å². The SMILES string of the molecule is CC1(CO)COC(c2nc(-c3ccc(F)cc3)c(-c3ccnc(OCCCO)n3)[nH]2)OC1. The van der Waals surface area contributed by atoms with E-state index in [1.165, 1.54) is 12.1 Å². The predicted octanol–water partition coefficient (Wildman–Crippen LogP) is 2.48. The first-order valence-corrected chi connectivity index (χ1v) is 10.3. The highest BCUT2D eigenvalue weighted by atomic mass is 19.1. The second kappa shape index (κ2) is 9.70. The molecule has 1 aliphatic rings. The number of nitrogens with zero attached hydrogens (tertiary/aromatic N) is 3. The van der Waals surface area contributed by atoms with Crippen LogP contribution in [0, 0.1) is 11.2 Å². The normalized spacial score (nSPS) is 20.9. The molecule has 3 N–H and O–H groups in total. The summed E-state index contributed by atoms with van der Waals surface area (Å²) >= 11 is 0. The van der Waals surface area contributed by atoms with Gasteiger partial charge < -0.3 is 29.4 Å². The Labute approximate surface area is 184 Å². The third-order valence-electron chi connectivity index (χ3n) is 5.03. The van der Waals surface area contributed by atoms with Crippen molar-refractivity contribution in [1.29, 1.82) is 0 Å². The molecule has 10 heteroatoms. The van der Waals surface area contributed by atoms with Crippen LogP contribution in [-0.4, -0.2) is 63.2 Å². The number of aliphatic hydroxyl groups excluding tert-OH is 2. The lowest BCUT2D eigenvalue weighted by Crippen LogP contribution is -2.39. The number of H-pyrrole nitrogens is 1. The summed E-state index contributed by atoms with van der Waals surface area (Å²) in [4.78, 5) is 16.4. The van der Waals surface area contributed by atoms with Crippen molar-refractivity contribution < 1.29 is 28.8 Å². The van der Waals surface area contributed by atoms with E-state index in [1.54, 1.807) is 24.4 Å². The van der Waals surface area contributed by atoms with Gasteiger partial charge in [-0.3, -0.25) is 0 Å². The first kappa shape index (κ1) is 22.3. The second-order valence-electron chi connectivity index (χ2n) is 7.93. The van der Waals surface area contributed by atoms with E-state index >= 15 is 0 Å². The quantitative estimate of drug-likeness (QED) is 0.453. The highest BCUT2D eigenvalue weighted by molar-refractivity contribution is 5.76. The Morgan fingerprint density at radius 1 is 1.16 bits per heavy atom. The van der Waals surface area contributed by atoms with Gasteiger partial charge in [0.2, 0.25) is 6.29 Å². The van der Waals surface area contributed by atoms with Crippen molar-refractivity contribution >= 4 is 0 Å². The van der Waals surface area contributed by atoms with Crippen LogP contribution < -0.4 is 4.74 Å². The average Bonchev–Trinajstić information content (AvgIpc) is 3.26. The smallest absolute Gasteiger partial charge is 0.316 e. The van der Waals surface area contributed by atoms with Crippen molar-refractivity contribution in [2.24, 2.45) is 5.41 Å². The highest BCUT2D eigenvalue weighted by Gasteiger charge is 2.34. The van der Waals surface area contributed by atoms with Crippen molar-refractivity contribution in [1.82, 2.24) is 19.9 Å². The molecule has 170 valence electrons. The number of aromatic nitrogens is 4. The summed E-state index contributed by atoms with van der Waals surface area (Å²) in [6.07, 6.45) is 1.28. The van der Waals surface area contributed by atoms with Gasteiger partial charge in [0.1, 0.15) is 5.82 Å². The van der Waals surface area contributed by atoms with E-state index < -0.39 is 11.7 Å². The number of aliphatic hydroxyl groups is 2. The van der Waals surface area contributed by atoms with Crippen molar-refractivity contribution in [3.63, 3.8) is 0 Å². The van der Waals surface area contributed by atoms with E-state index in [0.29, 0.717) is 48.1 Å². The summed E-state index contributed by atoms with van der Waals surface area (Å²) in [6.45, 7) is 2.74. The van der Waals surface area contributed by atoms with Crippen LogP contribution in [0.1, 0.15) is 25.5 Å². The van der Waals surface area contributed by atoms with Crippen molar-refractivity contribution in [3.8, 4) is 28.7 Å². The third kappa shape index (κ3) is 4.94. The molecular weight excluding hydrogens is 419 g/mol. The van der Waals surface area contributed by atoms with Gasteiger partial charge in [0.05, 0.1) is 43.5 Å². The van der Waals surface area contributed by atoms with Gasteiger partial charge in [-0.2, -0.15) is 4.98 Å². The Kier molecular flexibility index (Phi) is 6.75. The number of hydrogen-bond donors (Lipinski definition) is 3. The summed E-state index contributed by atoms with van der Waals surface area (Å²) in [5.41, 5.74) is 1.85. The Balaban J connectivity index is 1.68. The molecule has 3 heterocycles. The predicted molar refractivity (Wildman–Crippen MR) is 112 cm³/mol. The van der Waals surface area contributed by atoms with Gasteiger partial charge in [0, 0.05) is 30.2 Å². The molecule has 0 radical (unpaired) electrons. The van der Waals surface area contributed by atoms with Crippen molar-refractivity contribution in [2.45, 2.75) is 19.6 Å². The number of nitrogens with one attached hydrogen (secondary N) is 1. The molecule has 0 bridgehead atoms. The molecule has 2 aromatic heterocycles. The summed E-state index contributed by atoms with van der Waals surface area (Å²) in [6, 6.07) is 7.85. The molecule has 0 atom stereocenters. The maximum Gasteiger partial charge on any atom is 0.316 e. The minimum absolute atomic E-state index is 0.00896. The van der Waals surface area contributed by atoms with Gasteiger partial charge in [0.25, 0.3) is 0 Å². The minimum Gasteiger partial charge on any atom is -0.463 e. The lowest BCUT2D eigenvalue weighted by Gasteiger charge is -2.35. The number of hydrogen-bond acceptors (Lipinski definition) is 8. The first-order chi connectivity index (χ1) is 15.5. The molecule has 4 rings (SSSR count). The average molecular weight is 444 g/mol. The van der Waals surface area contributed by atoms with Gasteiger partial charge in [0.15, 0.2) is 5.82 Å². The Morgan fingerprint density at radius 2 is 1.91 bits per heavy atom. The fraction of sp³-hybridized carbons (Fsp3) is 0.409. The Morgan fingerprint density at radius 3 is 2.59 bits per heavy atom. The second-order valence-corrected chi connectivity index (χ2v) is 7.93. The fourth-order valence-corrected chi connectivity index (χ4v) is 3.18. The molecule has 0 unspecified atom stereocenters. The van der Waals surface area contributed by atoms with Crippen LogP contribution in [0.3, 0.4) is 0 Å². The van der Waals surface area contributed by atoms with Crippen molar-refractivity contribution in [3.05, 3.63) is 48.2 Å². The standard InChI is InChI=1S/C22H25FN4O5/c1-22(11-29)12-31-20(32-13-22)19-26-17(14-3-5-15(23)6-4-14)18(27-19)16-7-8-24-21(25-16)30-10-2-9-28/h3-8,20,28-29H,2,9-13H2,1H3,(H,26,27). The largest absolute Gasteiger partial charge is 0.463 e. The molecule has 32 heavy (non-hydrogen) atoms. The molecule has 0 saturated carbocycles. The Hall–Kier alpha value is -2.92. The molecule has 9 nitrogen and oxygen atoms in total. The van der Waals surface area contributed by atoms with E-state index in [1.807, 2.05) is 6.92 Å². The van der Waals surface area contributed by atoms with Crippen LogP contribution >= 0.6 is 0 Å². The number of benzene rings is 1. The molecule has 1 fully saturated rings. The monoisotopic (exact) mass is 444 g/mol. The topological polar surface area (TPSA) is 123 Å². The number of imidazole rings is 1. The molecule has 0 aliphatic carbocycles. The van der Waals surface area contributed by atoms with Crippen LogP contribution in [0.5, 0.6) is 6.01 Å². The number of aromatic amines is 1. The zero-order chi connectivity index (χ0) is 22.6. The molecule has 1 saturated heterocycles. The maximum absolute atomic E-state index is 13.5. The number of halogens is 1. The molecule has 0 spiro atoms. The van der Waals surface area contributed by atoms with Crippen LogP contribution in [0.2, 0.25) is 0 Å². The molecular formula is C22H25FN4O5. The van der Waals surface area contributed by atoms with Gasteiger partial charge in [-0.05, 0) is 30.3 Å². The van der Waals surface area contributed by atoms with Crippen molar-refractivity contribution in [2.75, 3.05) is 33.0 Å². The molecule has 1 aromatic carbocycles. The van der Waals surface area contributed by atoms with Crippen LogP contribution in [-0.2, 0) is 9.47 Å². The fourth-order valence-electron chi connectivity index (χ4n) is 3.18. The summed E-state index contributed by atoms with van der Waals surface area (Å²) in [7, 11) is 0. The number of ether oxygens (including phenoxy) is 3. The zero-order valence-corrected chi connectivity index (χ0v) is 17.6. The Bertz CT molecular complexity index is 1040. The highest BCUT2D eigenvalue weighted by Crippen LogP contribution is 2.35. The van der Waals surface area contributed by atoms with Gasteiger partial charge in [-0.25, -0.2) is 14.4 Å². The molecule has 3 aromatic rings. The summed E-state index contributed by atoms with van der Waals surface area (Å²) in [5, 5.41) is 18.5. The minimum atomic E-state index is -0.746. The lowest BCUT2D eigenvalue weighted by molar-refractivity contribution is -0.239. The summed E-state index contributed by atoms with van der Waals surface area (Å²) < 4.78 is 30.6. The maximum atomic E-state index is 13.5. The van der Waals surface area contributed by atoms with Gasteiger partial charge in [-0.15, -0.1) is 0 Å². The lowest BCUT2D eigenvalue weighted by atomic mass is 9.94. The molecule has 1 aliphatic heterocycles. The van der Waals surface area contributed by atoms with Crippen LogP contribution in [0.15, 0.2) is 36.5 Å². The van der Waals surface area contributed by atoms with E-state index in [4.69, 9.17) is 19.3 Å². The first-order valence-electron chi connectivity index (χ1n) is 10.3. The summed E-state index contributed by atoms with van der Waals surface area (Å²) in [5.74, 6) is 0.0792. The van der Waals surface area contributed by atoms with Crippen LogP contribution in [0.25, 0.3) is 22.6 Å². The van der Waals surface area contributed by atoms with E-state index in [9.17, 15) is 9.50 Å². The van der Waals surface area contributed by atoms with Gasteiger partial charge >= 0.3 is 6.01 Å². The van der Waals surface area contributed by atoms with E-state index in [-0.39, 0.29) is 31.6 Å². The van der Waals surface area contributed by atoms with E-state index in [0.717, 1.165) is 0 Å². The van der Waals surface area contributed by atoms with Crippen LogP contribution in [0.4, 0.5) is 4.39 Å². The zero-order valence-electron chi connectivity index (χ0n) is 17.6. The van der Waals surface area contributed by atoms with E-state index in [2.05, 4.69) is 19.9 Å². The number of rotatable bonds is 8.